The Kier molecular flexibility index (Phi) is 38.4. The normalized spacial score (nSPS) is 8.82. The van der Waals surface area contributed by atoms with Crippen LogP contribution in [0.25, 0.3) is 0 Å². The van der Waals surface area contributed by atoms with Crippen molar-refractivity contribution in [1.29, 1.82) is 0 Å². The van der Waals surface area contributed by atoms with Crippen molar-refractivity contribution in [2.24, 2.45) is 34.4 Å². The Bertz CT molecular complexity index is 82.0. The first-order valence-corrected chi connectivity index (χ1v) is 6.45. The summed E-state index contributed by atoms with van der Waals surface area (Å²) in [6.45, 7) is 4.28. The predicted octanol–water partition coefficient (Wildman–Crippen LogP) is -1.34. The van der Waals surface area contributed by atoms with Gasteiger partial charge in [-0.1, -0.05) is 12.8 Å². The summed E-state index contributed by atoms with van der Waals surface area (Å²) in [5.41, 5.74) is 30.5. The van der Waals surface area contributed by atoms with Crippen LogP contribution in [0.3, 0.4) is 0 Å². The van der Waals surface area contributed by atoms with Gasteiger partial charge in [-0.2, -0.15) is 0 Å². The van der Waals surface area contributed by atoms with E-state index in [9.17, 15) is 0 Å². The highest BCUT2D eigenvalue weighted by molar-refractivity contribution is 4.43. The highest BCUT2D eigenvalue weighted by Gasteiger charge is 1.83. The van der Waals surface area contributed by atoms with E-state index in [0.717, 1.165) is 45.4 Å². The zero-order valence-corrected chi connectivity index (χ0v) is 11.2. The van der Waals surface area contributed by atoms with Crippen molar-refractivity contribution in [3.8, 4) is 0 Å². The van der Waals surface area contributed by atoms with Crippen LogP contribution in [0.4, 0.5) is 0 Å². The van der Waals surface area contributed by atoms with Gasteiger partial charge >= 0.3 is 0 Å². The van der Waals surface area contributed by atoms with Gasteiger partial charge in [-0.15, -0.1) is 0 Å². The Morgan fingerprint density at radius 1 is 0.294 bits per heavy atom. The van der Waals surface area contributed by atoms with Gasteiger partial charge in [0.05, 0.1) is 0 Å². The minimum Gasteiger partial charge on any atom is -0.330 e. The van der Waals surface area contributed by atoms with Gasteiger partial charge in [0.25, 0.3) is 0 Å². The molecule has 0 amide bonds. The molecule has 0 fully saturated rings. The van der Waals surface area contributed by atoms with E-state index in [0.29, 0.717) is 13.1 Å². The topological polar surface area (TPSA) is 156 Å². The molecule has 0 radical (unpaired) electrons. The molecule has 0 saturated carbocycles. The van der Waals surface area contributed by atoms with Gasteiger partial charge in [0, 0.05) is 13.1 Å². The van der Waals surface area contributed by atoms with Crippen molar-refractivity contribution in [1.82, 2.24) is 0 Å². The Hall–Kier alpha value is -0.240. The van der Waals surface area contributed by atoms with Gasteiger partial charge in [0.1, 0.15) is 0 Å². The second kappa shape index (κ2) is 29.7. The smallest absolute Gasteiger partial charge is 0.00461 e. The largest absolute Gasteiger partial charge is 0.330 e. The first-order chi connectivity index (χ1) is 8.24. The van der Waals surface area contributed by atoms with E-state index in [1.807, 2.05) is 0 Å². The molecule has 0 saturated heterocycles. The third kappa shape index (κ3) is 49.6. The molecule has 0 aromatic carbocycles. The van der Waals surface area contributed by atoms with Crippen LogP contribution in [-0.2, 0) is 0 Å². The lowest BCUT2D eigenvalue weighted by atomic mass is 10.2. The van der Waals surface area contributed by atoms with Crippen LogP contribution in [0.2, 0.25) is 0 Å². The van der Waals surface area contributed by atoms with Crippen LogP contribution < -0.4 is 34.4 Å². The highest BCUT2D eigenvalue weighted by atomic mass is 14.6. The lowest BCUT2D eigenvalue weighted by Gasteiger charge is -1.94. The second-order valence-corrected chi connectivity index (χ2v) is 3.50. The van der Waals surface area contributed by atoms with E-state index in [2.05, 4.69) is 0 Å². The fraction of sp³-hybridized carbons (Fsp3) is 1.00. The SMILES string of the molecule is NCCCCCCN.NCCCN.NCCN. The summed E-state index contributed by atoms with van der Waals surface area (Å²) in [6, 6.07) is 0. The molecule has 0 rings (SSSR count). The summed E-state index contributed by atoms with van der Waals surface area (Å²) in [7, 11) is 0. The molecule has 0 heterocycles. The Labute approximate surface area is 106 Å². The minimum atomic E-state index is 0.597. The first kappa shape index (κ1) is 22.0. The van der Waals surface area contributed by atoms with Gasteiger partial charge in [0.2, 0.25) is 0 Å². The number of rotatable bonds is 8. The second-order valence-electron chi connectivity index (χ2n) is 3.50. The lowest BCUT2D eigenvalue weighted by molar-refractivity contribution is 0.653. The van der Waals surface area contributed by atoms with Gasteiger partial charge in [-0.25, -0.2) is 0 Å². The molecule has 0 aromatic rings. The molecule has 0 aromatic heterocycles. The average Bonchev–Trinajstić information content (AvgIpc) is 2.37. The summed E-state index contributed by atoms with van der Waals surface area (Å²) in [5.74, 6) is 0. The van der Waals surface area contributed by atoms with Gasteiger partial charge in [-0.3, -0.25) is 0 Å². The van der Waals surface area contributed by atoms with Crippen molar-refractivity contribution in [2.45, 2.75) is 32.1 Å². The van der Waals surface area contributed by atoms with Crippen molar-refractivity contribution >= 4 is 0 Å². The van der Waals surface area contributed by atoms with E-state index in [1.165, 1.54) is 12.8 Å². The molecule has 108 valence electrons. The highest BCUT2D eigenvalue weighted by Crippen LogP contribution is 1.95. The molecule has 12 N–H and O–H groups in total. The van der Waals surface area contributed by atoms with Crippen LogP contribution in [-0.4, -0.2) is 39.3 Å². The quantitative estimate of drug-likeness (QED) is 0.293. The third-order valence-electron chi connectivity index (χ3n) is 1.73. The van der Waals surface area contributed by atoms with Crippen molar-refractivity contribution in [3.63, 3.8) is 0 Å². The van der Waals surface area contributed by atoms with E-state index < -0.39 is 0 Å². The number of nitrogens with two attached hydrogens (primary N) is 6. The summed E-state index contributed by atoms with van der Waals surface area (Å²) >= 11 is 0. The van der Waals surface area contributed by atoms with E-state index >= 15 is 0 Å². The van der Waals surface area contributed by atoms with E-state index in [1.54, 1.807) is 0 Å². The standard InChI is InChI=1S/C6H16N2.C3H10N2.C2H8N2/c7-5-3-1-2-4-6-8;4-2-1-3-5;3-1-2-4/h1-8H2;1-5H2;1-4H2. The number of hydrogen-bond donors (Lipinski definition) is 6. The van der Waals surface area contributed by atoms with Crippen LogP contribution in [0, 0.1) is 0 Å². The van der Waals surface area contributed by atoms with E-state index in [-0.39, 0.29) is 0 Å². The molecule has 0 spiro atoms. The predicted molar refractivity (Wildman–Crippen MR) is 77.4 cm³/mol. The summed E-state index contributed by atoms with van der Waals surface area (Å²) in [6.07, 6.45) is 5.74. The monoisotopic (exact) mass is 250 g/mol. The van der Waals surface area contributed by atoms with Crippen molar-refractivity contribution in [2.75, 3.05) is 39.3 Å². The number of unbranched alkanes of at least 4 members (excludes halogenated alkanes) is 3. The van der Waals surface area contributed by atoms with Gasteiger partial charge in [-0.05, 0) is 45.4 Å². The summed E-state index contributed by atoms with van der Waals surface area (Å²) in [4.78, 5) is 0. The fourth-order valence-corrected chi connectivity index (χ4v) is 0.760. The molecular weight excluding hydrogens is 216 g/mol. The molecule has 17 heavy (non-hydrogen) atoms. The Morgan fingerprint density at radius 2 is 0.588 bits per heavy atom. The zero-order valence-electron chi connectivity index (χ0n) is 11.2. The Balaban J connectivity index is -0.000000188. The third-order valence-corrected chi connectivity index (χ3v) is 1.73. The molecule has 0 bridgehead atoms. The summed E-state index contributed by atoms with van der Waals surface area (Å²) < 4.78 is 0. The molecule has 0 aliphatic heterocycles. The first-order valence-electron chi connectivity index (χ1n) is 6.45. The fourth-order valence-electron chi connectivity index (χ4n) is 0.760. The maximum Gasteiger partial charge on any atom is 0.00461 e. The van der Waals surface area contributed by atoms with Crippen LogP contribution >= 0.6 is 0 Å². The molecule has 0 aliphatic carbocycles. The molecule has 0 unspecified atom stereocenters. The molecule has 6 nitrogen and oxygen atoms in total. The van der Waals surface area contributed by atoms with Gasteiger partial charge < -0.3 is 34.4 Å². The zero-order chi connectivity index (χ0) is 13.8. The maximum atomic E-state index is 5.28. The molecular formula is C11H34N6. The van der Waals surface area contributed by atoms with Crippen LogP contribution in [0.15, 0.2) is 0 Å². The van der Waals surface area contributed by atoms with Crippen LogP contribution in [0.5, 0.6) is 0 Å². The molecule has 0 aliphatic rings. The van der Waals surface area contributed by atoms with Crippen LogP contribution in [0.1, 0.15) is 32.1 Å². The Morgan fingerprint density at radius 3 is 0.706 bits per heavy atom. The minimum absolute atomic E-state index is 0.597. The number of hydrogen-bond acceptors (Lipinski definition) is 6. The van der Waals surface area contributed by atoms with Crippen molar-refractivity contribution in [3.05, 3.63) is 0 Å². The molecule has 0 atom stereocenters. The average molecular weight is 250 g/mol. The molecule has 6 heteroatoms. The maximum absolute atomic E-state index is 5.28. The van der Waals surface area contributed by atoms with Gasteiger partial charge in [0.15, 0.2) is 0 Å². The van der Waals surface area contributed by atoms with Crippen molar-refractivity contribution < 1.29 is 0 Å². The van der Waals surface area contributed by atoms with E-state index in [4.69, 9.17) is 34.4 Å². The lowest BCUT2D eigenvalue weighted by Crippen LogP contribution is -2.11. The summed E-state index contributed by atoms with van der Waals surface area (Å²) in [5, 5.41) is 0.